The average molecular weight is 152 g/mol. The number of nitrogens with zero attached hydrogens (tertiary/aromatic N) is 1. The molecule has 2 N–H and O–H groups in total. The number of fused-ring (bicyclic) bond motifs is 1. The van der Waals surface area contributed by atoms with Crippen LogP contribution in [-0.2, 0) is 12.8 Å². The van der Waals surface area contributed by atoms with Gasteiger partial charge in [0.05, 0.1) is 6.20 Å². The summed E-state index contributed by atoms with van der Waals surface area (Å²) < 4.78 is 0. The molecular formula is C8H12N2O. The molecule has 1 aliphatic rings. The van der Waals surface area contributed by atoms with Gasteiger partial charge in [0, 0.05) is 12.3 Å². The van der Waals surface area contributed by atoms with Gasteiger partial charge in [0.25, 0.3) is 0 Å². The minimum atomic E-state index is 0.310. The second-order valence-corrected chi connectivity index (χ2v) is 3.17. The van der Waals surface area contributed by atoms with Crippen molar-refractivity contribution in [3.05, 3.63) is 17.5 Å². The van der Waals surface area contributed by atoms with E-state index in [2.05, 4.69) is 10.2 Å². The van der Waals surface area contributed by atoms with Crippen molar-refractivity contribution in [1.82, 2.24) is 10.2 Å². The fourth-order valence-electron chi connectivity index (χ4n) is 1.65. The fraction of sp³-hybridized carbons (Fsp3) is 0.625. The number of nitrogens with one attached hydrogen (secondary N) is 1. The van der Waals surface area contributed by atoms with Crippen LogP contribution in [0.15, 0.2) is 6.20 Å². The molecule has 3 heteroatoms. The van der Waals surface area contributed by atoms with Gasteiger partial charge < -0.3 is 5.11 Å². The monoisotopic (exact) mass is 152 g/mol. The normalized spacial score (nSPS) is 23.2. The number of rotatable bonds is 1. The number of hydrogen-bond donors (Lipinski definition) is 2. The van der Waals surface area contributed by atoms with Crippen molar-refractivity contribution >= 4 is 0 Å². The molecule has 1 unspecified atom stereocenters. The molecule has 1 aromatic rings. The van der Waals surface area contributed by atoms with Crippen LogP contribution in [0.1, 0.15) is 17.7 Å². The lowest BCUT2D eigenvalue weighted by Crippen LogP contribution is -2.16. The van der Waals surface area contributed by atoms with E-state index in [1.54, 1.807) is 0 Å². The Morgan fingerprint density at radius 1 is 1.73 bits per heavy atom. The highest BCUT2D eigenvalue weighted by molar-refractivity contribution is 5.19. The molecule has 1 aliphatic carbocycles. The Balaban J connectivity index is 2.18. The summed E-state index contributed by atoms with van der Waals surface area (Å²) in [6.07, 6.45) is 4.99. The van der Waals surface area contributed by atoms with Gasteiger partial charge in [-0.1, -0.05) is 0 Å². The molecule has 3 nitrogen and oxygen atoms in total. The van der Waals surface area contributed by atoms with E-state index < -0.39 is 0 Å². The summed E-state index contributed by atoms with van der Waals surface area (Å²) in [5.41, 5.74) is 2.55. The van der Waals surface area contributed by atoms with Crippen LogP contribution in [0.3, 0.4) is 0 Å². The first-order chi connectivity index (χ1) is 5.40. The quantitative estimate of drug-likeness (QED) is 0.616. The minimum absolute atomic E-state index is 0.310. The standard InChI is InChI=1S/C8H12N2O/c11-5-6-1-2-8-7(3-6)4-9-10-8/h4,6,11H,1-3,5H2,(H,9,10). The molecule has 0 saturated heterocycles. The predicted molar refractivity (Wildman–Crippen MR) is 41.2 cm³/mol. The van der Waals surface area contributed by atoms with Gasteiger partial charge in [-0.15, -0.1) is 0 Å². The van der Waals surface area contributed by atoms with Crippen molar-refractivity contribution in [3.63, 3.8) is 0 Å². The van der Waals surface area contributed by atoms with Gasteiger partial charge in [-0.3, -0.25) is 5.10 Å². The van der Waals surface area contributed by atoms with Gasteiger partial charge in [0.15, 0.2) is 0 Å². The number of H-pyrrole nitrogens is 1. The number of aliphatic hydroxyl groups excluding tert-OH is 1. The number of aliphatic hydroxyl groups is 1. The van der Waals surface area contributed by atoms with Crippen LogP contribution in [-0.4, -0.2) is 21.9 Å². The molecule has 1 atom stereocenters. The van der Waals surface area contributed by atoms with Crippen LogP contribution in [0.5, 0.6) is 0 Å². The smallest absolute Gasteiger partial charge is 0.0522 e. The average Bonchev–Trinajstić information content (AvgIpc) is 2.50. The predicted octanol–water partition coefficient (Wildman–Crippen LogP) is 0.507. The number of hydrogen-bond acceptors (Lipinski definition) is 2. The molecule has 11 heavy (non-hydrogen) atoms. The Hall–Kier alpha value is -0.830. The first-order valence-electron chi connectivity index (χ1n) is 4.02. The summed E-state index contributed by atoms with van der Waals surface area (Å²) in [6, 6.07) is 0. The zero-order valence-corrected chi connectivity index (χ0v) is 6.38. The number of aromatic amines is 1. The maximum atomic E-state index is 8.92. The van der Waals surface area contributed by atoms with Gasteiger partial charge in [-0.05, 0) is 30.7 Å². The van der Waals surface area contributed by atoms with Crippen molar-refractivity contribution in [2.24, 2.45) is 5.92 Å². The third-order valence-electron chi connectivity index (χ3n) is 2.38. The molecule has 0 amide bonds. The molecule has 1 heterocycles. The summed E-state index contributed by atoms with van der Waals surface area (Å²) >= 11 is 0. The fourth-order valence-corrected chi connectivity index (χ4v) is 1.65. The second-order valence-electron chi connectivity index (χ2n) is 3.17. The Morgan fingerprint density at radius 2 is 2.64 bits per heavy atom. The Labute approximate surface area is 65.4 Å². The van der Waals surface area contributed by atoms with Crippen LogP contribution in [0.25, 0.3) is 0 Å². The lowest BCUT2D eigenvalue weighted by Gasteiger charge is -2.18. The van der Waals surface area contributed by atoms with Crippen LogP contribution in [0.2, 0.25) is 0 Å². The van der Waals surface area contributed by atoms with E-state index in [4.69, 9.17) is 5.11 Å². The minimum Gasteiger partial charge on any atom is -0.396 e. The zero-order valence-electron chi connectivity index (χ0n) is 6.38. The van der Waals surface area contributed by atoms with Gasteiger partial charge in [0.1, 0.15) is 0 Å². The number of aromatic nitrogens is 2. The molecule has 1 aromatic heterocycles. The van der Waals surface area contributed by atoms with Crippen molar-refractivity contribution in [1.29, 1.82) is 0 Å². The lowest BCUT2D eigenvalue weighted by atomic mass is 9.89. The van der Waals surface area contributed by atoms with Gasteiger partial charge in [-0.2, -0.15) is 5.10 Å². The molecule has 0 bridgehead atoms. The topological polar surface area (TPSA) is 48.9 Å². The molecule has 0 aliphatic heterocycles. The highest BCUT2D eigenvalue weighted by Crippen LogP contribution is 2.22. The first kappa shape index (κ1) is 6.85. The third kappa shape index (κ3) is 1.16. The Morgan fingerprint density at radius 3 is 3.45 bits per heavy atom. The van der Waals surface area contributed by atoms with Gasteiger partial charge in [-0.25, -0.2) is 0 Å². The molecule has 0 radical (unpaired) electrons. The molecule has 0 aromatic carbocycles. The molecule has 0 saturated carbocycles. The molecule has 0 fully saturated rings. The van der Waals surface area contributed by atoms with E-state index in [0.29, 0.717) is 12.5 Å². The van der Waals surface area contributed by atoms with E-state index in [-0.39, 0.29) is 0 Å². The van der Waals surface area contributed by atoms with Crippen LogP contribution < -0.4 is 0 Å². The van der Waals surface area contributed by atoms with Crippen molar-refractivity contribution in [2.45, 2.75) is 19.3 Å². The van der Waals surface area contributed by atoms with E-state index in [1.807, 2.05) is 6.20 Å². The summed E-state index contributed by atoms with van der Waals surface area (Å²) in [7, 11) is 0. The third-order valence-corrected chi connectivity index (χ3v) is 2.38. The van der Waals surface area contributed by atoms with Crippen LogP contribution >= 0.6 is 0 Å². The Bertz CT molecular complexity index is 244. The largest absolute Gasteiger partial charge is 0.396 e. The summed E-state index contributed by atoms with van der Waals surface area (Å²) in [6.45, 7) is 0.310. The Kier molecular flexibility index (Phi) is 1.66. The highest BCUT2D eigenvalue weighted by Gasteiger charge is 2.18. The SMILES string of the molecule is OCC1CCc2[nH]ncc2C1. The summed E-state index contributed by atoms with van der Waals surface area (Å²) in [5, 5.41) is 15.9. The van der Waals surface area contributed by atoms with E-state index in [9.17, 15) is 0 Å². The number of aryl methyl sites for hydroxylation is 1. The maximum absolute atomic E-state index is 8.92. The summed E-state index contributed by atoms with van der Waals surface area (Å²) in [5.74, 6) is 0.458. The van der Waals surface area contributed by atoms with Crippen LogP contribution in [0, 0.1) is 5.92 Å². The maximum Gasteiger partial charge on any atom is 0.0522 e. The van der Waals surface area contributed by atoms with Crippen molar-refractivity contribution in [2.75, 3.05) is 6.61 Å². The molecule has 0 spiro atoms. The van der Waals surface area contributed by atoms with Crippen LogP contribution in [0.4, 0.5) is 0 Å². The van der Waals surface area contributed by atoms with Gasteiger partial charge >= 0.3 is 0 Å². The molecule has 60 valence electrons. The zero-order chi connectivity index (χ0) is 7.68. The highest BCUT2D eigenvalue weighted by atomic mass is 16.3. The van der Waals surface area contributed by atoms with E-state index >= 15 is 0 Å². The molecule has 2 rings (SSSR count). The van der Waals surface area contributed by atoms with Crippen molar-refractivity contribution in [3.8, 4) is 0 Å². The van der Waals surface area contributed by atoms with Gasteiger partial charge in [0.2, 0.25) is 0 Å². The molecular weight excluding hydrogens is 140 g/mol. The van der Waals surface area contributed by atoms with Crippen molar-refractivity contribution < 1.29 is 5.11 Å². The lowest BCUT2D eigenvalue weighted by molar-refractivity contribution is 0.213. The first-order valence-corrected chi connectivity index (χ1v) is 4.02. The van der Waals surface area contributed by atoms with E-state index in [0.717, 1.165) is 19.3 Å². The van der Waals surface area contributed by atoms with E-state index in [1.165, 1.54) is 11.3 Å². The second kappa shape index (κ2) is 2.66. The summed E-state index contributed by atoms with van der Waals surface area (Å²) in [4.78, 5) is 0.